The van der Waals surface area contributed by atoms with Crippen molar-refractivity contribution in [3.8, 4) is 0 Å². The molecule has 0 aliphatic carbocycles. The number of aliphatic carboxylic acids is 1. The molecule has 0 radical (unpaired) electrons. The van der Waals surface area contributed by atoms with E-state index >= 15 is 0 Å². The van der Waals surface area contributed by atoms with Gasteiger partial charge in [0.2, 0.25) is 0 Å². The number of benzene rings is 1. The zero-order valence-corrected chi connectivity index (χ0v) is 14.0. The van der Waals surface area contributed by atoms with Gasteiger partial charge in [-0.3, -0.25) is 9.59 Å². The van der Waals surface area contributed by atoms with Crippen LogP contribution in [0.15, 0.2) is 39.8 Å². The van der Waals surface area contributed by atoms with E-state index in [0.29, 0.717) is 28.4 Å². The fourth-order valence-corrected chi connectivity index (χ4v) is 2.92. The maximum Gasteiger partial charge on any atom is 0.311 e. The zero-order valence-electron chi connectivity index (χ0n) is 12.5. The van der Waals surface area contributed by atoms with Crippen LogP contribution in [0.1, 0.15) is 21.7 Å². The number of carboxylic acids is 1. The number of thioether (sulfide) groups is 1. The van der Waals surface area contributed by atoms with Gasteiger partial charge in [0.05, 0.1) is 11.8 Å². The second-order valence-corrected chi connectivity index (χ2v) is 6.45. The summed E-state index contributed by atoms with van der Waals surface area (Å²) in [4.78, 5) is 24.0. The molecule has 0 aliphatic heterocycles. The Bertz CT molecular complexity index is 697. The van der Waals surface area contributed by atoms with E-state index in [1.807, 2.05) is 24.3 Å². The van der Waals surface area contributed by atoms with E-state index in [4.69, 9.17) is 21.1 Å². The molecular weight excluding hydrogens is 338 g/mol. The third-order valence-corrected chi connectivity index (χ3v) is 4.33. The Hall–Kier alpha value is -1.92. The van der Waals surface area contributed by atoms with Gasteiger partial charge in [-0.05, 0) is 31.2 Å². The number of aryl methyl sites for hydroxylation is 1. The summed E-state index contributed by atoms with van der Waals surface area (Å²) in [5, 5.41) is 12.3. The molecule has 2 rings (SSSR count). The molecule has 0 atom stereocenters. The standard InChI is InChI=1S/C16H16ClNO4S/c1-10-9-22-13(8-14(19)20)15(10)16(21)18-6-7-23-12-4-2-11(17)3-5-12/h2-5,9H,6-8H2,1H3,(H,18,21)(H,19,20). The molecule has 5 nitrogen and oxygen atoms in total. The maximum absolute atomic E-state index is 12.2. The second kappa shape index (κ2) is 8.08. The van der Waals surface area contributed by atoms with Gasteiger partial charge >= 0.3 is 5.97 Å². The summed E-state index contributed by atoms with van der Waals surface area (Å²) in [5.41, 5.74) is 0.938. The average Bonchev–Trinajstić information content (AvgIpc) is 2.85. The van der Waals surface area contributed by atoms with Gasteiger partial charge in [0.15, 0.2) is 0 Å². The van der Waals surface area contributed by atoms with E-state index in [9.17, 15) is 9.59 Å². The van der Waals surface area contributed by atoms with Gasteiger partial charge in [-0.15, -0.1) is 11.8 Å². The van der Waals surface area contributed by atoms with Gasteiger partial charge in [-0.1, -0.05) is 11.6 Å². The molecule has 122 valence electrons. The number of carbonyl (C=O) groups excluding carboxylic acids is 1. The topological polar surface area (TPSA) is 79.5 Å². The quantitative estimate of drug-likeness (QED) is 0.589. The van der Waals surface area contributed by atoms with Gasteiger partial charge in [0.1, 0.15) is 12.2 Å². The minimum absolute atomic E-state index is 0.179. The molecule has 2 aromatic rings. The van der Waals surface area contributed by atoms with Gasteiger partial charge in [0.25, 0.3) is 5.91 Å². The highest BCUT2D eigenvalue weighted by atomic mass is 35.5. The van der Waals surface area contributed by atoms with Crippen LogP contribution in [0, 0.1) is 6.92 Å². The molecule has 0 aliphatic rings. The molecule has 0 fully saturated rings. The van der Waals surface area contributed by atoms with Crippen LogP contribution in [0.5, 0.6) is 0 Å². The Morgan fingerprint density at radius 3 is 2.65 bits per heavy atom. The molecular formula is C16H16ClNO4S. The lowest BCUT2D eigenvalue weighted by Crippen LogP contribution is -2.27. The summed E-state index contributed by atoms with van der Waals surface area (Å²) in [5.74, 6) is -0.479. The summed E-state index contributed by atoms with van der Waals surface area (Å²) in [6, 6.07) is 7.46. The number of hydrogen-bond acceptors (Lipinski definition) is 4. The van der Waals surface area contributed by atoms with E-state index in [-0.39, 0.29) is 18.1 Å². The first-order chi connectivity index (χ1) is 11.0. The van der Waals surface area contributed by atoms with Crippen LogP contribution in [-0.4, -0.2) is 29.3 Å². The molecule has 1 heterocycles. The predicted molar refractivity (Wildman–Crippen MR) is 89.3 cm³/mol. The number of amides is 1. The lowest BCUT2D eigenvalue weighted by Gasteiger charge is -2.06. The van der Waals surface area contributed by atoms with Crippen molar-refractivity contribution in [2.24, 2.45) is 0 Å². The number of nitrogens with one attached hydrogen (secondary N) is 1. The molecule has 1 aromatic carbocycles. The van der Waals surface area contributed by atoms with Gasteiger partial charge in [-0.25, -0.2) is 0 Å². The SMILES string of the molecule is Cc1coc(CC(=O)O)c1C(=O)NCCSc1ccc(Cl)cc1. The first-order valence-electron chi connectivity index (χ1n) is 6.92. The molecule has 0 unspecified atom stereocenters. The summed E-state index contributed by atoms with van der Waals surface area (Å²) >= 11 is 7.42. The molecule has 0 spiro atoms. The van der Waals surface area contributed by atoms with Crippen molar-refractivity contribution in [2.75, 3.05) is 12.3 Å². The van der Waals surface area contributed by atoms with Crippen LogP contribution in [0.2, 0.25) is 5.02 Å². The molecule has 0 saturated carbocycles. The van der Waals surface area contributed by atoms with Crippen LogP contribution < -0.4 is 5.32 Å². The van der Waals surface area contributed by atoms with Crippen LogP contribution in [0.25, 0.3) is 0 Å². The normalized spacial score (nSPS) is 10.5. The third-order valence-electron chi connectivity index (χ3n) is 3.06. The van der Waals surface area contributed by atoms with Crippen LogP contribution in [0.3, 0.4) is 0 Å². The molecule has 2 N–H and O–H groups in total. The number of furan rings is 1. The van der Waals surface area contributed by atoms with Crippen molar-refractivity contribution in [1.82, 2.24) is 5.32 Å². The van der Waals surface area contributed by atoms with E-state index in [1.165, 1.54) is 6.26 Å². The van der Waals surface area contributed by atoms with Crippen molar-refractivity contribution in [1.29, 1.82) is 0 Å². The Balaban J connectivity index is 1.86. The molecule has 1 aromatic heterocycles. The van der Waals surface area contributed by atoms with Crippen molar-refractivity contribution < 1.29 is 19.1 Å². The number of carboxylic acid groups (broad SMARTS) is 1. The van der Waals surface area contributed by atoms with Gasteiger partial charge in [-0.2, -0.15) is 0 Å². The average molecular weight is 354 g/mol. The van der Waals surface area contributed by atoms with Gasteiger partial charge in [0, 0.05) is 27.8 Å². The lowest BCUT2D eigenvalue weighted by atomic mass is 10.1. The minimum Gasteiger partial charge on any atom is -0.481 e. The fourth-order valence-electron chi connectivity index (χ4n) is 2.02. The van der Waals surface area contributed by atoms with Crippen molar-refractivity contribution >= 4 is 35.2 Å². The molecule has 0 saturated heterocycles. The third kappa shape index (κ3) is 5.04. The lowest BCUT2D eigenvalue weighted by molar-refractivity contribution is -0.136. The van der Waals surface area contributed by atoms with E-state index in [2.05, 4.69) is 5.32 Å². The summed E-state index contributed by atoms with van der Waals surface area (Å²) in [7, 11) is 0. The summed E-state index contributed by atoms with van der Waals surface area (Å²) < 4.78 is 5.15. The Kier molecular flexibility index (Phi) is 6.12. The van der Waals surface area contributed by atoms with E-state index < -0.39 is 5.97 Å². The van der Waals surface area contributed by atoms with E-state index in [1.54, 1.807) is 18.7 Å². The molecule has 23 heavy (non-hydrogen) atoms. The van der Waals surface area contributed by atoms with Crippen LogP contribution in [0.4, 0.5) is 0 Å². The van der Waals surface area contributed by atoms with Crippen LogP contribution >= 0.6 is 23.4 Å². The summed E-state index contributed by atoms with van der Waals surface area (Å²) in [6.45, 7) is 2.18. The first kappa shape index (κ1) is 17.4. The monoisotopic (exact) mass is 353 g/mol. The number of carbonyl (C=O) groups is 2. The Morgan fingerprint density at radius 1 is 1.30 bits per heavy atom. The zero-order chi connectivity index (χ0) is 16.8. The van der Waals surface area contributed by atoms with Crippen molar-refractivity contribution in [2.45, 2.75) is 18.2 Å². The van der Waals surface area contributed by atoms with Crippen molar-refractivity contribution in [3.05, 3.63) is 52.4 Å². The highest BCUT2D eigenvalue weighted by molar-refractivity contribution is 7.99. The molecule has 1 amide bonds. The number of halogens is 1. The minimum atomic E-state index is -1.04. The highest BCUT2D eigenvalue weighted by Gasteiger charge is 2.20. The number of rotatable bonds is 7. The first-order valence-corrected chi connectivity index (χ1v) is 8.29. The largest absolute Gasteiger partial charge is 0.481 e. The number of hydrogen-bond donors (Lipinski definition) is 2. The molecule has 0 bridgehead atoms. The van der Waals surface area contributed by atoms with Gasteiger partial charge < -0.3 is 14.8 Å². The Labute approximate surface area is 143 Å². The van der Waals surface area contributed by atoms with Crippen LogP contribution in [-0.2, 0) is 11.2 Å². The molecule has 7 heteroatoms. The maximum atomic E-state index is 12.2. The van der Waals surface area contributed by atoms with E-state index in [0.717, 1.165) is 4.90 Å². The highest BCUT2D eigenvalue weighted by Crippen LogP contribution is 2.20. The summed E-state index contributed by atoms with van der Waals surface area (Å²) in [6.07, 6.45) is 1.09. The van der Waals surface area contributed by atoms with Crippen molar-refractivity contribution in [3.63, 3.8) is 0 Å². The predicted octanol–water partition coefficient (Wildman–Crippen LogP) is 3.39. The fraction of sp³-hybridized carbons (Fsp3) is 0.250. The second-order valence-electron chi connectivity index (χ2n) is 4.85. The smallest absolute Gasteiger partial charge is 0.311 e. The Morgan fingerprint density at radius 2 is 2.00 bits per heavy atom.